The second-order valence-electron chi connectivity index (χ2n) is 7.49. The zero-order valence-electron chi connectivity index (χ0n) is 15.8. The number of carbonyl (C=O) groups excluding carboxylic acids is 1. The maximum Gasteiger partial charge on any atom is 0.274 e. The molecule has 1 atom stereocenters. The molecule has 4 N–H and O–H groups in total. The predicted octanol–water partition coefficient (Wildman–Crippen LogP) is 1.99. The highest BCUT2D eigenvalue weighted by Crippen LogP contribution is 2.44. The summed E-state index contributed by atoms with van der Waals surface area (Å²) in [4.78, 5) is 21.7. The van der Waals surface area contributed by atoms with Crippen molar-refractivity contribution in [1.29, 1.82) is 0 Å². The van der Waals surface area contributed by atoms with Gasteiger partial charge in [-0.1, -0.05) is 25.6 Å². The fourth-order valence-electron chi connectivity index (χ4n) is 3.75. The molecule has 0 bridgehead atoms. The average molecular weight is 385 g/mol. The van der Waals surface area contributed by atoms with Crippen LogP contribution in [0.25, 0.3) is 11.4 Å². The van der Waals surface area contributed by atoms with Crippen LogP contribution in [0.5, 0.6) is 0 Å². The lowest BCUT2D eigenvalue weighted by Crippen LogP contribution is -2.41. The minimum atomic E-state index is -0.272. The van der Waals surface area contributed by atoms with Crippen molar-refractivity contribution < 1.29 is 4.79 Å². The molecule has 1 amide bonds. The maximum atomic E-state index is 13.1. The second-order valence-corrected chi connectivity index (χ2v) is 8.46. The number of nitrogens with two attached hydrogens (primary N) is 1. The minimum absolute atomic E-state index is 0.183. The van der Waals surface area contributed by atoms with E-state index in [2.05, 4.69) is 39.5 Å². The topological polar surface area (TPSA) is 111 Å². The van der Waals surface area contributed by atoms with Crippen molar-refractivity contribution in [1.82, 2.24) is 30.4 Å². The molecule has 0 radical (unpaired) electrons. The van der Waals surface area contributed by atoms with Crippen molar-refractivity contribution in [3.05, 3.63) is 34.1 Å². The van der Waals surface area contributed by atoms with Crippen molar-refractivity contribution in [2.24, 2.45) is 0 Å². The Morgan fingerprint density at radius 2 is 2.30 bits per heavy atom. The summed E-state index contributed by atoms with van der Waals surface area (Å²) in [5, 5.41) is 12.9. The Kier molecular flexibility index (Phi) is 4.14. The molecule has 1 aliphatic carbocycles. The standard InChI is InChI=1S/C18H23N7OS/c1-5-25-14-11(13(24-25)15(26)23-17-21-9(2)8-27-17)18(3,4)6-10-7-20-16(19)22-12(10)14/h7-8,17,21H,5-6H2,1-4H3,(H,23,26)(H2,19,20,22). The molecule has 1 unspecified atom stereocenters. The molecule has 3 heterocycles. The summed E-state index contributed by atoms with van der Waals surface area (Å²) >= 11 is 1.54. The molecule has 0 aromatic carbocycles. The molecule has 9 heteroatoms. The van der Waals surface area contributed by atoms with E-state index < -0.39 is 0 Å². The zero-order valence-corrected chi connectivity index (χ0v) is 16.6. The van der Waals surface area contributed by atoms with Crippen LogP contribution in [0.4, 0.5) is 5.95 Å². The van der Waals surface area contributed by atoms with Crippen LogP contribution in [0.15, 0.2) is 17.3 Å². The normalized spacial score (nSPS) is 19.7. The maximum absolute atomic E-state index is 13.1. The first-order valence-corrected chi connectivity index (χ1v) is 9.87. The summed E-state index contributed by atoms with van der Waals surface area (Å²) < 4.78 is 1.84. The molecule has 0 saturated heterocycles. The molecule has 2 aromatic heterocycles. The molecule has 2 aromatic rings. The van der Waals surface area contributed by atoms with Gasteiger partial charge >= 0.3 is 0 Å². The minimum Gasteiger partial charge on any atom is -0.368 e. The van der Waals surface area contributed by atoms with E-state index in [0.29, 0.717) is 12.2 Å². The average Bonchev–Trinajstić information content (AvgIpc) is 3.19. The zero-order chi connectivity index (χ0) is 19.3. The largest absolute Gasteiger partial charge is 0.368 e. The number of fused-ring (bicyclic) bond motifs is 3. The van der Waals surface area contributed by atoms with Gasteiger partial charge in [0.2, 0.25) is 5.95 Å². The lowest BCUT2D eigenvalue weighted by molar-refractivity contribution is 0.0939. The van der Waals surface area contributed by atoms with Crippen LogP contribution >= 0.6 is 11.8 Å². The van der Waals surface area contributed by atoms with Crippen LogP contribution in [0.2, 0.25) is 0 Å². The lowest BCUT2D eigenvalue weighted by atomic mass is 9.73. The van der Waals surface area contributed by atoms with E-state index >= 15 is 0 Å². The first-order chi connectivity index (χ1) is 12.8. The van der Waals surface area contributed by atoms with Gasteiger partial charge in [-0.25, -0.2) is 9.97 Å². The Hall–Kier alpha value is -2.55. The van der Waals surface area contributed by atoms with E-state index in [9.17, 15) is 4.79 Å². The van der Waals surface area contributed by atoms with Gasteiger partial charge in [0, 0.05) is 24.0 Å². The monoisotopic (exact) mass is 385 g/mol. The van der Waals surface area contributed by atoms with Crippen molar-refractivity contribution >= 4 is 23.6 Å². The number of anilines is 1. The molecule has 27 heavy (non-hydrogen) atoms. The Labute approximate surface area is 162 Å². The molecule has 4 rings (SSSR count). The van der Waals surface area contributed by atoms with Gasteiger partial charge in [-0.3, -0.25) is 9.48 Å². The van der Waals surface area contributed by atoms with Crippen LogP contribution in [-0.2, 0) is 18.4 Å². The summed E-state index contributed by atoms with van der Waals surface area (Å²) in [6.07, 6.45) is 2.50. The highest BCUT2D eigenvalue weighted by atomic mass is 32.2. The van der Waals surface area contributed by atoms with Gasteiger partial charge in [0.15, 0.2) is 11.2 Å². The lowest BCUT2D eigenvalue weighted by Gasteiger charge is -2.31. The number of allylic oxidation sites excluding steroid dienone is 1. The number of nitrogens with one attached hydrogen (secondary N) is 2. The highest BCUT2D eigenvalue weighted by Gasteiger charge is 2.40. The molecule has 2 aliphatic rings. The van der Waals surface area contributed by atoms with E-state index in [-0.39, 0.29) is 22.8 Å². The summed E-state index contributed by atoms with van der Waals surface area (Å²) in [5.41, 5.74) is 10.4. The molecule has 0 spiro atoms. The quantitative estimate of drug-likeness (QED) is 0.741. The van der Waals surface area contributed by atoms with E-state index in [0.717, 1.165) is 34.6 Å². The van der Waals surface area contributed by atoms with Gasteiger partial charge in [-0.2, -0.15) is 5.10 Å². The summed E-state index contributed by atoms with van der Waals surface area (Å²) in [5.74, 6) is 0.0347. The Bertz CT molecular complexity index is 963. The third-order valence-electron chi connectivity index (χ3n) is 4.89. The Balaban J connectivity index is 1.81. The number of hydrogen-bond acceptors (Lipinski definition) is 7. The summed E-state index contributed by atoms with van der Waals surface area (Å²) in [6.45, 7) is 8.85. The Morgan fingerprint density at radius 1 is 1.52 bits per heavy atom. The number of nitrogen functional groups attached to an aromatic ring is 1. The number of thioether (sulfide) groups is 1. The molecule has 1 aliphatic heterocycles. The number of rotatable bonds is 3. The molecular formula is C18H23N7OS. The van der Waals surface area contributed by atoms with Gasteiger partial charge in [0.05, 0.1) is 11.4 Å². The van der Waals surface area contributed by atoms with Gasteiger partial charge in [0.1, 0.15) is 0 Å². The molecule has 142 valence electrons. The highest BCUT2D eigenvalue weighted by molar-refractivity contribution is 8.02. The van der Waals surface area contributed by atoms with Crippen molar-refractivity contribution in [2.45, 2.75) is 51.6 Å². The first-order valence-electron chi connectivity index (χ1n) is 8.93. The first kappa shape index (κ1) is 17.8. The number of carbonyl (C=O) groups is 1. The number of nitrogens with zero attached hydrogens (tertiary/aromatic N) is 4. The van der Waals surface area contributed by atoms with Crippen LogP contribution in [-0.4, -0.2) is 31.2 Å². The number of aromatic nitrogens is 4. The fraction of sp³-hybridized carbons (Fsp3) is 0.444. The van der Waals surface area contributed by atoms with Crippen molar-refractivity contribution in [2.75, 3.05) is 5.73 Å². The summed E-state index contributed by atoms with van der Waals surface area (Å²) in [7, 11) is 0. The van der Waals surface area contributed by atoms with E-state index in [1.165, 1.54) is 11.8 Å². The third-order valence-corrected chi connectivity index (χ3v) is 5.88. The summed E-state index contributed by atoms with van der Waals surface area (Å²) in [6, 6.07) is 0. The third kappa shape index (κ3) is 2.95. The van der Waals surface area contributed by atoms with E-state index in [4.69, 9.17) is 5.73 Å². The van der Waals surface area contributed by atoms with Crippen molar-refractivity contribution in [3.8, 4) is 11.4 Å². The molecule has 8 nitrogen and oxygen atoms in total. The van der Waals surface area contributed by atoms with Crippen LogP contribution in [0.3, 0.4) is 0 Å². The van der Waals surface area contributed by atoms with E-state index in [1.807, 2.05) is 23.9 Å². The van der Waals surface area contributed by atoms with E-state index in [1.54, 1.807) is 6.20 Å². The second kappa shape index (κ2) is 6.26. The van der Waals surface area contributed by atoms with Gasteiger partial charge in [-0.05, 0) is 36.7 Å². The SMILES string of the molecule is CCn1nc(C(=O)NC2NC(C)=CS2)c2c1-c1nc(N)ncc1CC2(C)C. The van der Waals surface area contributed by atoms with Crippen LogP contribution < -0.4 is 16.4 Å². The smallest absolute Gasteiger partial charge is 0.274 e. The van der Waals surface area contributed by atoms with Crippen LogP contribution in [0.1, 0.15) is 49.3 Å². The number of amides is 1. The van der Waals surface area contributed by atoms with Gasteiger partial charge in [-0.15, -0.1) is 0 Å². The predicted molar refractivity (Wildman–Crippen MR) is 106 cm³/mol. The molecular weight excluding hydrogens is 362 g/mol. The van der Waals surface area contributed by atoms with Gasteiger partial charge < -0.3 is 16.4 Å². The fourth-order valence-corrected chi connectivity index (χ4v) is 4.59. The molecule has 0 fully saturated rings. The molecule has 0 saturated carbocycles. The van der Waals surface area contributed by atoms with Crippen molar-refractivity contribution in [3.63, 3.8) is 0 Å². The Morgan fingerprint density at radius 3 is 2.96 bits per heavy atom. The van der Waals surface area contributed by atoms with Crippen LogP contribution in [0, 0.1) is 0 Å². The number of aryl methyl sites for hydroxylation is 1. The number of hydrogen-bond donors (Lipinski definition) is 3. The van der Waals surface area contributed by atoms with Gasteiger partial charge in [0.25, 0.3) is 5.91 Å².